The van der Waals surface area contributed by atoms with E-state index in [-0.39, 0.29) is 5.91 Å². The first-order chi connectivity index (χ1) is 13.1. The molecule has 3 rings (SSSR count). The van der Waals surface area contributed by atoms with Crippen molar-refractivity contribution in [3.63, 3.8) is 0 Å². The van der Waals surface area contributed by atoms with Crippen molar-refractivity contribution in [2.45, 2.75) is 13.0 Å². The summed E-state index contributed by atoms with van der Waals surface area (Å²) >= 11 is 5.89. The Morgan fingerprint density at radius 1 is 1.04 bits per heavy atom. The maximum atomic E-state index is 12.5. The van der Waals surface area contributed by atoms with Crippen molar-refractivity contribution in [1.82, 2.24) is 14.9 Å². The Bertz CT molecular complexity index is 867. The molecule has 0 radical (unpaired) electrons. The standard InChI is InChI=1S/C21H21ClN4O/c1-26(13-10-16-8-11-23-12-9-16)21(27)20-7-6-19(15-25-20)24-14-17-2-4-18(22)5-3-17/h2-9,11-12,15,24H,10,13-14H2,1H3. The van der Waals surface area contributed by atoms with Gasteiger partial charge in [-0.1, -0.05) is 23.7 Å². The normalized spacial score (nSPS) is 10.4. The van der Waals surface area contributed by atoms with E-state index < -0.39 is 0 Å². The minimum atomic E-state index is -0.0895. The smallest absolute Gasteiger partial charge is 0.272 e. The third kappa shape index (κ3) is 5.53. The second-order valence-electron chi connectivity index (χ2n) is 6.24. The number of likely N-dealkylation sites (N-methyl/N-ethyl adjacent to an activating group) is 1. The van der Waals surface area contributed by atoms with Gasteiger partial charge in [0.1, 0.15) is 5.69 Å². The van der Waals surface area contributed by atoms with Crippen LogP contribution in [0.1, 0.15) is 21.6 Å². The van der Waals surface area contributed by atoms with E-state index in [0.29, 0.717) is 18.8 Å². The second kappa shape index (κ2) is 9.14. The molecule has 6 heteroatoms. The van der Waals surface area contributed by atoms with Gasteiger partial charge in [-0.3, -0.25) is 9.78 Å². The topological polar surface area (TPSA) is 58.1 Å². The molecule has 1 amide bonds. The molecular formula is C21H21ClN4O. The predicted octanol–water partition coefficient (Wildman–Crippen LogP) is 4.06. The molecule has 0 aliphatic heterocycles. The number of benzene rings is 1. The second-order valence-corrected chi connectivity index (χ2v) is 6.68. The SMILES string of the molecule is CN(CCc1ccncc1)C(=O)c1ccc(NCc2ccc(Cl)cc2)cn1. The van der Waals surface area contributed by atoms with Crippen molar-refractivity contribution < 1.29 is 4.79 Å². The predicted molar refractivity (Wildman–Crippen MR) is 108 cm³/mol. The van der Waals surface area contributed by atoms with Crippen LogP contribution in [0.25, 0.3) is 0 Å². The molecule has 27 heavy (non-hydrogen) atoms. The molecule has 0 saturated carbocycles. The molecule has 0 bridgehead atoms. The van der Waals surface area contributed by atoms with Crippen LogP contribution in [0.15, 0.2) is 67.1 Å². The molecule has 0 saturated heterocycles. The number of halogens is 1. The average molecular weight is 381 g/mol. The van der Waals surface area contributed by atoms with Crippen molar-refractivity contribution in [1.29, 1.82) is 0 Å². The fourth-order valence-electron chi connectivity index (χ4n) is 2.57. The molecule has 0 spiro atoms. The van der Waals surface area contributed by atoms with Crippen molar-refractivity contribution in [2.24, 2.45) is 0 Å². The number of carbonyl (C=O) groups excluding carboxylic acids is 1. The molecule has 0 aliphatic rings. The van der Waals surface area contributed by atoms with Crippen LogP contribution in [-0.4, -0.2) is 34.4 Å². The number of nitrogens with one attached hydrogen (secondary N) is 1. The van der Waals surface area contributed by atoms with E-state index in [1.807, 2.05) is 42.5 Å². The van der Waals surface area contributed by atoms with E-state index in [4.69, 9.17) is 11.6 Å². The van der Waals surface area contributed by atoms with Crippen LogP contribution in [0.4, 0.5) is 5.69 Å². The van der Waals surface area contributed by atoms with Gasteiger partial charge in [-0.05, 0) is 53.9 Å². The molecule has 2 heterocycles. The van der Waals surface area contributed by atoms with Crippen LogP contribution in [0.3, 0.4) is 0 Å². The number of aromatic nitrogens is 2. The summed E-state index contributed by atoms with van der Waals surface area (Å²) in [6.45, 7) is 1.29. The molecule has 0 unspecified atom stereocenters. The molecule has 3 aromatic rings. The summed E-state index contributed by atoms with van der Waals surface area (Å²) in [7, 11) is 1.79. The maximum absolute atomic E-state index is 12.5. The zero-order valence-corrected chi connectivity index (χ0v) is 15.9. The molecule has 1 N–H and O–H groups in total. The van der Waals surface area contributed by atoms with E-state index in [9.17, 15) is 4.79 Å². The molecular weight excluding hydrogens is 360 g/mol. The maximum Gasteiger partial charge on any atom is 0.272 e. The van der Waals surface area contributed by atoms with Gasteiger partial charge in [0.25, 0.3) is 5.91 Å². The first kappa shape index (κ1) is 18.9. The lowest BCUT2D eigenvalue weighted by Crippen LogP contribution is -2.29. The minimum absolute atomic E-state index is 0.0895. The molecule has 138 valence electrons. The lowest BCUT2D eigenvalue weighted by atomic mass is 10.2. The van der Waals surface area contributed by atoms with Gasteiger partial charge in [0, 0.05) is 37.6 Å². The number of amides is 1. The third-order valence-electron chi connectivity index (χ3n) is 4.22. The van der Waals surface area contributed by atoms with Crippen molar-refractivity contribution in [3.8, 4) is 0 Å². The largest absolute Gasteiger partial charge is 0.380 e. The highest BCUT2D eigenvalue weighted by atomic mass is 35.5. The number of pyridine rings is 2. The number of anilines is 1. The number of nitrogens with zero attached hydrogens (tertiary/aromatic N) is 3. The summed E-state index contributed by atoms with van der Waals surface area (Å²) < 4.78 is 0. The van der Waals surface area contributed by atoms with Crippen LogP contribution in [0.5, 0.6) is 0 Å². The summed E-state index contributed by atoms with van der Waals surface area (Å²) in [6, 6.07) is 15.2. The molecule has 0 atom stereocenters. The Hall–Kier alpha value is -2.92. The van der Waals surface area contributed by atoms with Gasteiger partial charge in [-0.2, -0.15) is 0 Å². The van der Waals surface area contributed by atoms with Gasteiger partial charge in [0.05, 0.1) is 11.9 Å². The molecule has 0 aliphatic carbocycles. The van der Waals surface area contributed by atoms with E-state index in [2.05, 4.69) is 15.3 Å². The minimum Gasteiger partial charge on any atom is -0.380 e. The summed E-state index contributed by atoms with van der Waals surface area (Å²) in [6.07, 6.45) is 5.98. The lowest BCUT2D eigenvalue weighted by molar-refractivity contribution is 0.0791. The quantitative estimate of drug-likeness (QED) is 0.671. The summed E-state index contributed by atoms with van der Waals surface area (Å²) in [5.74, 6) is -0.0895. The Morgan fingerprint density at radius 2 is 1.78 bits per heavy atom. The van der Waals surface area contributed by atoms with E-state index in [1.54, 1.807) is 36.6 Å². The summed E-state index contributed by atoms with van der Waals surface area (Å²) in [5, 5.41) is 4.00. The summed E-state index contributed by atoms with van der Waals surface area (Å²) in [5.41, 5.74) is 3.57. The number of hydrogen-bond donors (Lipinski definition) is 1. The zero-order valence-electron chi connectivity index (χ0n) is 15.1. The fraction of sp³-hybridized carbons (Fsp3) is 0.190. The van der Waals surface area contributed by atoms with Gasteiger partial charge in [0.15, 0.2) is 0 Å². The van der Waals surface area contributed by atoms with E-state index in [0.717, 1.165) is 28.3 Å². The monoisotopic (exact) mass is 380 g/mol. The van der Waals surface area contributed by atoms with Gasteiger partial charge >= 0.3 is 0 Å². The fourth-order valence-corrected chi connectivity index (χ4v) is 2.70. The van der Waals surface area contributed by atoms with Crippen LogP contribution in [0.2, 0.25) is 5.02 Å². The van der Waals surface area contributed by atoms with Gasteiger partial charge in [-0.15, -0.1) is 0 Å². The van der Waals surface area contributed by atoms with Crippen LogP contribution in [0, 0.1) is 0 Å². The molecule has 1 aromatic carbocycles. The number of rotatable bonds is 7. The Kier molecular flexibility index (Phi) is 6.39. The van der Waals surface area contributed by atoms with Gasteiger partial charge < -0.3 is 10.2 Å². The van der Waals surface area contributed by atoms with Gasteiger partial charge in [0.2, 0.25) is 0 Å². The van der Waals surface area contributed by atoms with Crippen molar-refractivity contribution in [2.75, 3.05) is 18.9 Å². The van der Waals surface area contributed by atoms with Crippen LogP contribution >= 0.6 is 11.6 Å². The molecule has 5 nitrogen and oxygen atoms in total. The zero-order chi connectivity index (χ0) is 19.1. The van der Waals surface area contributed by atoms with Crippen LogP contribution < -0.4 is 5.32 Å². The first-order valence-electron chi connectivity index (χ1n) is 8.70. The highest BCUT2D eigenvalue weighted by molar-refractivity contribution is 6.30. The Balaban J connectivity index is 1.52. The van der Waals surface area contributed by atoms with E-state index >= 15 is 0 Å². The third-order valence-corrected chi connectivity index (χ3v) is 4.48. The van der Waals surface area contributed by atoms with E-state index in [1.165, 1.54) is 0 Å². The lowest BCUT2D eigenvalue weighted by Gasteiger charge is -2.17. The van der Waals surface area contributed by atoms with Crippen molar-refractivity contribution in [3.05, 3.63) is 89.0 Å². The highest BCUT2D eigenvalue weighted by Gasteiger charge is 2.13. The first-order valence-corrected chi connectivity index (χ1v) is 9.08. The van der Waals surface area contributed by atoms with Crippen LogP contribution in [-0.2, 0) is 13.0 Å². The Labute approximate surface area is 164 Å². The number of carbonyl (C=O) groups is 1. The highest BCUT2D eigenvalue weighted by Crippen LogP contribution is 2.13. The summed E-state index contributed by atoms with van der Waals surface area (Å²) in [4.78, 5) is 22.5. The molecule has 0 fully saturated rings. The Morgan fingerprint density at radius 3 is 2.44 bits per heavy atom. The average Bonchev–Trinajstić information content (AvgIpc) is 2.72. The number of hydrogen-bond acceptors (Lipinski definition) is 4. The van der Waals surface area contributed by atoms with Gasteiger partial charge in [-0.25, -0.2) is 4.98 Å². The van der Waals surface area contributed by atoms with Crippen molar-refractivity contribution >= 4 is 23.2 Å². The molecule has 2 aromatic heterocycles.